The van der Waals surface area contributed by atoms with Gasteiger partial charge < -0.3 is 14.8 Å². The molecule has 1 aliphatic rings. The largest absolute Gasteiger partial charge is 0.457 e. The van der Waals surface area contributed by atoms with Crippen LogP contribution < -0.4 is 5.56 Å². The molecule has 2 aromatic rings. The van der Waals surface area contributed by atoms with Gasteiger partial charge in [-0.1, -0.05) is 31.9 Å². The molecule has 2 aromatic heterocycles. The molecular weight excluding hydrogens is 390 g/mol. The first kappa shape index (κ1) is 21.7. The lowest BCUT2D eigenvalue weighted by atomic mass is 9.94. The summed E-state index contributed by atoms with van der Waals surface area (Å²) >= 11 is 1.18. The van der Waals surface area contributed by atoms with E-state index in [0.717, 1.165) is 12.8 Å². The number of thiophene rings is 1. The summed E-state index contributed by atoms with van der Waals surface area (Å²) in [6.45, 7) is 8.18. The van der Waals surface area contributed by atoms with Crippen LogP contribution >= 0.6 is 11.3 Å². The maximum Gasteiger partial charge on any atom is 0.348 e. The highest BCUT2D eigenvalue weighted by atomic mass is 32.1. The number of aromatic amines is 1. The third-order valence-electron chi connectivity index (χ3n) is 5.31. The van der Waals surface area contributed by atoms with Crippen molar-refractivity contribution in [3.63, 3.8) is 0 Å². The van der Waals surface area contributed by atoms with Gasteiger partial charge in [-0.15, -0.1) is 11.3 Å². The molecule has 158 valence electrons. The highest BCUT2D eigenvalue weighted by Gasteiger charge is 2.25. The highest BCUT2D eigenvalue weighted by Crippen LogP contribution is 2.28. The number of fused-ring (bicyclic) bond motifs is 1. The first-order chi connectivity index (χ1) is 13.9. The van der Waals surface area contributed by atoms with Gasteiger partial charge in [0.2, 0.25) is 0 Å². The predicted octanol–water partition coefficient (Wildman–Crippen LogP) is 3.15. The topological polar surface area (TPSA) is 95.5 Å². The number of H-pyrrole nitrogens is 1. The maximum atomic E-state index is 12.7. The molecule has 1 fully saturated rings. The minimum atomic E-state index is -0.468. The number of aliphatic hydroxyl groups is 1. The molecule has 1 unspecified atom stereocenters. The van der Waals surface area contributed by atoms with Crippen LogP contribution in [0.4, 0.5) is 0 Å². The highest BCUT2D eigenvalue weighted by molar-refractivity contribution is 7.20. The van der Waals surface area contributed by atoms with E-state index in [1.54, 1.807) is 13.8 Å². The number of esters is 1. The van der Waals surface area contributed by atoms with E-state index in [4.69, 9.17) is 4.74 Å². The van der Waals surface area contributed by atoms with Gasteiger partial charge in [-0.05, 0) is 32.3 Å². The van der Waals surface area contributed by atoms with Crippen molar-refractivity contribution >= 4 is 27.5 Å². The fraction of sp³-hybridized carbons (Fsp3) is 0.571. The number of aliphatic hydroxyl groups excluding tert-OH is 1. The van der Waals surface area contributed by atoms with Crippen molar-refractivity contribution in [1.29, 1.82) is 0 Å². The molecule has 0 saturated heterocycles. The van der Waals surface area contributed by atoms with Gasteiger partial charge in [0.1, 0.15) is 22.1 Å². The van der Waals surface area contributed by atoms with Crippen LogP contribution in [0, 0.1) is 6.92 Å². The van der Waals surface area contributed by atoms with Gasteiger partial charge in [-0.2, -0.15) is 0 Å². The van der Waals surface area contributed by atoms with E-state index >= 15 is 0 Å². The predicted molar refractivity (Wildman–Crippen MR) is 114 cm³/mol. The van der Waals surface area contributed by atoms with Crippen molar-refractivity contribution in [1.82, 2.24) is 14.9 Å². The average Bonchev–Trinajstić information content (AvgIpc) is 3.03. The van der Waals surface area contributed by atoms with Gasteiger partial charge in [0, 0.05) is 12.6 Å². The lowest BCUT2D eigenvalue weighted by molar-refractivity contribution is 0.0554. The third-order valence-corrected chi connectivity index (χ3v) is 6.48. The van der Waals surface area contributed by atoms with Crippen molar-refractivity contribution < 1.29 is 14.6 Å². The number of rotatable bonds is 8. The summed E-state index contributed by atoms with van der Waals surface area (Å²) in [5.41, 5.74) is 0.342. The van der Waals surface area contributed by atoms with Crippen molar-refractivity contribution in [3.05, 3.63) is 39.3 Å². The Balaban J connectivity index is 1.89. The van der Waals surface area contributed by atoms with Gasteiger partial charge in [0.25, 0.3) is 5.56 Å². The van der Waals surface area contributed by atoms with Crippen LogP contribution in [0.3, 0.4) is 0 Å². The zero-order valence-electron chi connectivity index (χ0n) is 17.1. The molecule has 3 rings (SSSR count). The van der Waals surface area contributed by atoms with E-state index in [0.29, 0.717) is 45.6 Å². The van der Waals surface area contributed by atoms with Crippen LogP contribution in [0.2, 0.25) is 0 Å². The molecule has 0 aliphatic heterocycles. The molecule has 8 heteroatoms. The molecule has 7 nitrogen and oxygen atoms in total. The molecule has 1 atom stereocenters. The number of aryl methyl sites for hydroxylation is 1. The van der Waals surface area contributed by atoms with Crippen LogP contribution in [0.25, 0.3) is 10.2 Å². The number of carbonyl (C=O) groups excluding carboxylic acids is 1. The maximum absolute atomic E-state index is 12.7. The van der Waals surface area contributed by atoms with Crippen molar-refractivity contribution in [2.75, 3.05) is 13.2 Å². The zero-order chi connectivity index (χ0) is 21.0. The molecule has 0 bridgehead atoms. The van der Waals surface area contributed by atoms with E-state index in [1.165, 1.54) is 36.7 Å². The quantitative estimate of drug-likeness (QED) is 0.504. The number of hydrogen-bond donors (Lipinski definition) is 2. The standard InChI is InChI=1S/C21H29N3O4S/c1-4-10-28-21(27)18-14(3)17-19(26)22-16(23-20(17)29-18)12-24(11-13(2)25)15-8-6-5-7-9-15/h4,13,15,25H,1,5-12H2,2-3H3,(H,22,23,26). The summed E-state index contributed by atoms with van der Waals surface area (Å²) in [5.74, 6) is 0.0882. The Kier molecular flexibility index (Phi) is 7.21. The number of nitrogens with zero attached hydrogens (tertiary/aromatic N) is 2. The first-order valence-electron chi connectivity index (χ1n) is 10.1. The average molecular weight is 420 g/mol. The molecule has 1 saturated carbocycles. The second-order valence-electron chi connectivity index (χ2n) is 7.71. The molecule has 2 heterocycles. The Hall–Kier alpha value is -2.03. The van der Waals surface area contributed by atoms with Gasteiger partial charge in [-0.3, -0.25) is 9.69 Å². The lowest BCUT2D eigenvalue weighted by Crippen LogP contribution is -2.41. The molecule has 0 radical (unpaired) electrons. The minimum absolute atomic E-state index is 0.122. The van der Waals surface area contributed by atoms with Crippen LogP contribution in [0.15, 0.2) is 17.4 Å². The minimum Gasteiger partial charge on any atom is -0.457 e. The Morgan fingerprint density at radius 2 is 2.17 bits per heavy atom. The normalized spacial score (nSPS) is 16.3. The van der Waals surface area contributed by atoms with Gasteiger partial charge in [-0.25, -0.2) is 9.78 Å². The van der Waals surface area contributed by atoms with Crippen molar-refractivity contribution in [2.45, 2.75) is 64.6 Å². The Labute approximate surface area is 174 Å². The first-order valence-corrected chi connectivity index (χ1v) is 10.9. The summed E-state index contributed by atoms with van der Waals surface area (Å²) in [6, 6.07) is 0.383. The Morgan fingerprint density at radius 1 is 1.45 bits per heavy atom. The molecule has 1 aliphatic carbocycles. The number of carbonyl (C=O) groups is 1. The molecule has 0 aromatic carbocycles. The van der Waals surface area contributed by atoms with E-state index in [2.05, 4.69) is 21.4 Å². The van der Waals surface area contributed by atoms with Gasteiger partial charge in [0.05, 0.1) is 18.0 Å². The third kappa shape index (κ3) is 5.12. The second kappa shape index (κ2) is 9.65. The second-order valence-corrected chi connectivity index (χ2v) is 8.71. The summed E-state index contributed by atoms with van der Waals surface area (Å²) in [4.78, 5) is 35.6. The molecule has 0 spiro atoms. The molecule has 0 amide bonds. The molecule has 2 N–H and O–H groups in total. The van der Waals surface area contributed by atoms with Crippen molar-refractivity contribution in [2.24, 2.45) is 0 Å². The number of hydrogen-bond acceptors (Lipinski definition) is 7. The number of nitrogens with one attached hydrogen (secondary N) is 1. The fourth-order valence-corrected chi connectivity index (χ4v) is 5.07. The Bertz CT molecular complexity index is 928. The van der Waals surface area contributed by atoms with E-state index in [9.17, 15) is 14.7 Å². The Morgan fingerprint density at radius 3 is 2.83 bits per heavy atom. The van der Waals surface area contributed by atoms with Crippen LogP contribution in [-0.2, 0) is 11.3 Å². The van der Waals surface area contributed by atoms with Crippen LogP contribution in [0.1, 0.15) is 60.1 Å². The van der Waals surface area contributed by atoms with Crippen molar-refractivity contribution in [3.8, 4) is 0 Å². The summed E-state index contributed by atoms with van der Waals surface area (Å²) in [7, 11) is 0. The van der Waals surface area contributed by atoms with Crippen LogP contribution in [0.5, 0.6) is 0 Å². The van der Waals surface area contributed by atoms with E-state index in [1.807, 2.05) is 0 Å². The number of ether oxygens (including phenoxy) is 1. The zero-order valence-corrected chi connectivity index (χ0v) is 17.9. The van der Waals surface area contributed by atoms with E-state index < -0.39 is 12.1 Å². The smallest absolute Gasteiger partial charge is 0.348 e. The number of aromatic nitrogens is 2. The van der Waals surface area contributed by atoms with Gasteiger partial charge >= 0.3 is 5.97 Å². The summed E-state index contributed by atoms with van der Waals surface area (Å²) in [6.07, 6.45) is 6.86. The summed E-state index contributed by atoms with van der Waals surface area (Å²) in [5, 5.41) is 10.4. The monoisotopic (exact) mass is 419 g/mol. The van der Waals surface area contributed by atoms with Gasteiger partial charge in [0.15, 0.2) is 0 Å². The summed E-state index contributed by atoms with van der Waals surface area (Å²) < 4.78 is 5.12. The fourth-order valence-electron chi connectivity index (χ4n) is 3.98. The van der Waals surface area contributed by atoms with E-state index in [-0.39, 0.29) is 12.2 Å². The molecule has 29 heavy (non-hydrogen) atoms. The van der Waals surface area contributed by atoms with Crippen LogP contribution in [-0.4, -0.2) is 51.2 Å². The SMILES string of the molecule is C=CCOC(=O)c1sc2nc(CN(CC(C)O)C3CCCCC3)[nH]c(=O)c2c1C. The lowest BCUT2D eigenvalue weighted by Gasteiger charge is -2.34. The molecular formula is C21H29N3O4S.